The molecule has 0 saturated carbocycles. The minimum absolute atomic E-state index is 0.129. The Labute approximate surface area is 487 Å². The molecule has 0 aliphatic carbocycles. The molecule has 10 rings (SSSR count). The van der Waals surface area contributed by atoms with Crippen LogP contribution in [0.15, 0.2) is 243 Å². The molecule has 2 heterocycles. The van der Waals surface area contributed by atoms with Crippen LogP contribution in [0.5, 0.6) is 0 Å². The fourth-order valence-electron chi connectivity index (χ4n) is 10.3. The van der Waals surface area contributed by atoms with E-state index in [4.69, 9.17) is 52.1 Å². The lowest BCUT2D eigenvalue weighted by Crippen LogP contribution is -2.61. The highest BCUT2D eigenvalue weighted by Gasteiger charge is 2.51. The summed E-state index contributed by atoms with van der Waals surface area (Å²) in [5, 5.41) is 0. The second kappa shape index (κ2) is 31.9. The Balaban J connectivity index is 0.952. The molecule has 2 aliphatic heterocycles. The lowest BCUT2D eigenvalue weighted by Gasteiger charge is -2.46. The molecule has 11 atom stereocenters. The second-order valence-corrected chi connectivity index (χ2v) is 21.6. The van der Waals surface area contributed by atoms with Gasteiger partial charge in [0.05, 0.1) is 65.6 Å². The monoisotopic (exact) mass is 1120 g/mol. The number of methoxy groups -OCH3 is 1. The van der Waals surface area contributed by atoms with Crippen LogP contribution in [0.25, 0.3) is 0 Å². The highest BCUT2D eigenvalue weighted by atomic mass is 32.2. The van der Waals surface area contributed by atoms with Gasteiger partial charge < -0.3 is 52.1 Å². The lowest BCUT2D eigenvalue weighted by molar-refractivity contribution is -0.324. The summed E-state index contributed by atoms with van der Waals surface area (Å²) >= 11 is 1.63. The van der Waals surface area contributed by atoms with Crippen molar-refractivity contribution in [2.45, 2.75) is 113 Å². The Morgan fingerprint density at radius 3 is 1.05 bits per heavy atom. The van der Waals surface area contributed by atoms with Gasteiger partial charge in [-0.05, 0) is 44.5 Å². The third-order valence-corrected chi connectivity index (χ3v) is 15.8. The van der Waals surface area contributed by atoms with Gasteiger partial charge in [0, 0.05) is 12.9 Å². The largest absolute Gasteiger partial charge is 0.374 e. The third kappa shape index (κ3) is 17.4. The maximum absolute atomic E-state index is 7.31. The van der Waals surface area contributed by atoms with Crippen molar-refractivity contribution in [3.05, 3.63) is 287 Å². The first-order valence-electron chi connectivity index (χ1n) is 28.3. The maximum atomic E-state index is 7.31. The van der Waals surface area contributed by atoms with E-state index in [-0.39, 0.29) is 13.2 Å². The highest BCUT2D eigenvalue weighted by molar-refractivity contribution is 7.99. The zero-order valence-corrected chi connectivity index (χ0v) is 47.2. The molecule has 0 bridgehead atoms. The molecule has 0 radical (unpaired) electrons. The van der Waals surface area contributed by atoms with E-state index >= 15 is 0 Å². The van der Waals surface area contributed by atoms with Gasteiger partial charge in [-0.1, -0.05) is 243 Å². The standard InChI is InChI=1S/C70H74O11S/c1-71-69-67(78-47-57-36-20-7-21-37-57)65(76-45-55-32-16-5-17-33-55)64(75-44-54-30-14-4-15-31-54)61(80-69)50-73-62(59-40-24-9-25-41-59)51-82-70-68(79-48-58-38-22-8-23-39-58)66(77-46-56-34-18-6-19-35-56)63(74-43-53-28-12-3-13-29-53)60(81-70)49-72-42-52-26-10-2-11-27-52/h2-41,60-70H,42-51H2,1H3/t60-,61-,62?,63-,64-,65+,66+,67-,68-,69+,70+/m1/s1. The van der Waals surface area contributed by atoms with Crippen molar-refractivity contribution in [1.29, 1.82) is 0 Å². The van der Waals surface area contributed by atoms with Gasteiger partial charge in [0.15, 0.2) is 6.29 Å². The number of thioether (sulfide) groups is 1. The summed E-state index contributed by atoms with van der Waals surface area (Å²) in [6.07, 6.45) is -6.19. The van der Waals surface area contributed by atoms with Crippen LogP contribution in [0.3, 0.4) is 0 Å². The van der Waals surface area contributed by atoms with E-state index in [9.17, 15) is 0 Å². The van der Waals surface area contributed by atoms with Crippen molar-refractivity contribution in [2.75, 3.05) is 26.1 Å². The van der Waals surface area contributed by atoms with Gasteiger partial charge in [-0.25, -0.2) is 0 Å². The van der Waals surface area contributed by atoms with Gasteiger partial charge in [-0.15, -0.1) is 11.8 Å². The average Bonchev–Trinajstić information content (AvgIpc) is 3.72. The van der Waals surface area contributed by atoms with Crippen LogP contribution in [-0.4, -0.2) is 86.6 Å². The molecule has 8 aromatic carbocycles. The van der Waals surface area contributed by atoms with Crippen molar-refractivity contribution in [3.8, 4) is 0 Å². The topological polar surface area (TPSA) is 102 Å². The fourth-order valence-corrected chi connectivity index (χ4v) is 11.5. The van der Waals surface area contributed by atoms with Crippen LogP contribution < -0.4 is 0 Å². The maximum Gasteiger partial charge on any atom is 0.186 e. The third-order valence-electron chi connectivity index (χ3n) is 14.6. The molecule has 426 valence electrons. The van der Waals surface area contributed by atoms with E-state index in [2.05, 4.69) is 84.9 Å². The molecule has 2 aliphatic rings. The van der Waals surface area contributed by atoms with E-state index in [1.807, 2.05) is 158 Å². The zero-order chi connectivity index (χ0) is 55.8. The molecule has 11 nitrogen and oxygen atoms in total. The number of hydrogen-bond acceptors (Lipinski definition) is 12. The quantitative estimate of drug-likeness (QED) is 0.0428. The summed E-state index contributed by atoms with van der Waals surface area (Å²) in [7, 11) is 1.64. The number of benzene rings is 8. The van der Waals surface area contributed by atoms with Crippen molar-refractivity contribution in [2.24, 2.45) is 0 Å². The van der Waals surface area contributed by atoms with Gasteiger partial charge >= 0.3 is 0 Å². The van der Waals surface area contributed by atoms with Gasteiger partial charge in [0.25, 0.3) is 0 Å². The van der Waals surface area contributed by atoms with Crippen LogP contribution >= 0.6 is 11.8 Å². The van der Waals surface area contributed by atoms with Crippen LogP contribution in [0.4, 0.5) is 0 Å². The number of hydrogen-bond donors (Lipinski definition) is 0. The van der Waals surface area contributed by atoms with Crippen LogP contribution in [0, 0.1) is 0 Å². The molecular weight excluding hydrogens is 1050 g/mol. The summed E-state index contributed by atoms with van der Waals surface area (Å²) in [4.78, 5) is 0. The second-order valence-electron chi connectivity index (χ2n) is 20.5. The van der Waals surface area contributed by atoms with Crippen LogP contribution in [0.1, 0.15) is 50.6 Å². The molecule has 1 unspecified atom stereocenters. The molecular formula is C70H74O11S. The summed E-state index contributed by atoms with van der Waals surface area (Å²) in [6.45, 7) is 2.71. The van der Waals surface area contributed by atoms with Crippen LogP contribution in [0.2, 0.25) is 0 Å². The molecule has 0 spiro atoms. The fraction of sp³-hybridized carbons (Fsp3) is 0.314. The van der Waals surface area contributed by atoms with Gasteiger partial charge in [0.2, 0.25) is 0 Å². The SMILES string of the molecule is CO[C@H]1O[C@H](COC(CS[C@@H]2O[C@H](COCc3ccccc3)[C@@H](OCc3ccccc3)[C@H](OCc3ccccc3)[C@H]2OCc2ccccc2)c2ccccc2)[C@@H](OCc2ccccc2)[C@H](OCc2ccccc2)[C@H]1OCc1ccccc1. The number of ether oxygens (including phenoxy) is 11. The first kappa shape index (κ1) is 58.9. The first-order chi connectivity index (χ1) is 40.6. The van der Waals surface area contributed by atoms with Gasteiger partial charge in [-0.2, -0.15) is 0 Å². The van der Waals surface area contributed by atoms with E-state index < -0.39 is 66.7 Å². The molecule has 82 heavy (non-hydrogen) atoms. The summed E-state index contributed by atoms with van der Waals surface area (Å²) in [5.74, 6) is 0.463. The highest BCUT2D eigenvalue weighted by Crippen LogP contribution is 2.39. The summed E-state index contributed by atoms with van der Waals surface area (Å²) in [5.41, 5.74) is 7.61. The lowest BCUT2D eigenvalue weighted by atomic mass is 9.97. The Kier molecular flexibility index (Phi) is 22.9. The molecule has 2 saturated heterocycles. The Morgan fingerprint density at radius 2 is 0.659 bits per heavy atom. The first-order valence-corrected chi connectivity index (χ1v) is 29.3. The van der Waals surface area contributed by atoms with Crippen molar-refractivity contribution in [1.82, 2.24) is 0 Å². The van der Waals surface area contributed by atoms with Crippen molar-refractivity contribution in [3.63, 3.8) is 0 Å². The smallest absolute Gasteiger partial charge is 0.186 e. The molecule has 12 heteroatoms. The van der Waals surface area contributed by atoms with E-state index in [0.717, 1.165) is 44.5 Å². The average molecular weight is 1120 g/mol. The normalized spacial score (nSPS) is 23.0. The molecule has 0 amide bonds. The minimum atomic E-state index is -0.816. The van der Waals surface area contributed by atoms with E-state index in [1.165, 1.54) is 0 Å². The van der Waals surface area contributed by atoms with Gasteiger partial charge in [-0.3, -0.25) is 0 Å². The van der Waals surface area contributed by atoms with Crippen molar-refractivity contribution >= 4 is 11.8 Å². The van der Waals surface area contributed by atoms with Crippen molar-refractivity contribution < 1.29 is 52.1 Å². The zero-order valence-electron chi connectivity index (χ0n) is 46.4. The molecule has 8 aromatic rings. The Bertz CT molecular complexity index is 2970. The Hall–Kier alpha value is -6.33. The van der Waals surface area contributed by atoms with Crippen LogP contribution in [-0.2, 0) is 98.4 Å². The number of rotatable bonds is 30. The summed E-state index contributed by atoms with van der Waals surface area (Å²) < 4.78 is 76.1. The summed E-state index contributed by atoms with van der Waals surface area (Å²) in [6, 6.07) is 81.4. The molecule has 0 aromatic heterocycles. The van der Waals surface area contributed by atoms with Gasteiger partial charge in [0.1, 0.15) is 54.3 Å². The van der Waals surface area contributed by atoms with E-state index in [0.29, 0.717) is 52.0 Å². The predicted octanol–water partition coefficient (Wildman–Crippen LogP) is 13.3. The minimum Gasteiger partial charge on any atom is -0.374 e. The molecule has 0 N–H and O–H groups in total. The predicted molar refractivity (Wildman–Crippen MR) is 318 cm³/mol. The molecule has 2 fully saturated rings. The Morgan fingerprint density at radius 1 is 0.341 bits per heavy atom. The van der Waals surface area contributed by atoms with E-state index in [1.54, 1.807) is 18.9 Å².